The number of halogens is 1. The first kappa shape index (κ1) is 21.2. The van der Waals surface area contributed by atoms with Gasteiger partial charge < -0.3 is 5.11 Å². The van der Waals surface area contributed by atoms with Gasteiger partial charge in [0.05, 0.1) is 18.2 Å². The molecule has 0 saturated carbocycles. The Morgan fingerprint density at radius 2 is 1.90 bits per heavy atom. The van der Waals surface area contributed by atoms with Crippen molar-refractivity contribution >= 4 is 38.6 Å². The summed E-state index contributed by atoms with van der Waals surface area (Å²) in [5.41, 5.74) is 3.64. The van der Waals surface area contributed by atoms with E-state index in [1.165, 1.54) is 11.4 Å². The predicted molar refractivity (Wildman–Crippen MR) is 110 cm³/mol. The number of carboxylic acid groups (broad SMARTS) is 1. The molecule has 0 spiro atoms. The monoisotopic (exact) mass is 436 g/mol. The summed E-state index contributed by atoms with van der Waals surface area (Å²) in [5, 5.41) is 18.0. The number of benzene rings is 2. The largest absolute Gasteiger partial charge is 0.481 e. The fraction of sp³-hybridized carbons (Fsp3) is 0.316. The number of sulfonamides is 1. The zero-order valence-electron chi connectivity index (χ0n) is 16.2. The van der Waals surface area contributed by atoms with Gasteiger partial charge >= 0.3 is 5.97 Å². The molecule has 29 heavy (non-hydrogen) atoms. The van der Waals surface area contributed by atoms with E-state index in [1.807, 2.05) is 18.2 Å². The van der Waals surface area contributed by atoms with Crippen molar-refractivity contribution in [3.63, 3.8) is 0 Å². The molecule has 0 radical (unpaired) electrons. The summed E-state index contributed by atoms with van der Waals surface area (Å²) in [5.74, 6) is -1.39. The fourth-order valence-corrected chi connectivity index (χ4v) is 3.72. The lowest BCUT2D eigenvalue weighted by Crippen LogP contribution is -2.25. The van der Waals surface area contributed by atoms with Gasteiger partial charge in [-0.1, -0.05) is 35.0 Å². The van der Waals surface area contributed by atoms with Crippen molar-refractivity contribution in [2.45, 2.75) is 18.9 Å². The van der Waals surface area contributed by atoms with E-state index >= 15 is 0 Å². The molecule has 1 N–H and O–H groups in total. The summed E-state index contributed by atoms with van der Waals surface area (Å²) >= 11 is 6.27. The molecule has 1 atom stereocenters. The molecule has 0 aliphatic heterocycles. The molecule has 10 heteroatoms. The van der Waals surface area contributed by atoms with Gasteiger partial charge in [0.2, 0.25) is 10.0 Å². The smallest absolute Gasteiger partial charge is 0.304 e. The van der Waals surface area contributed by atoms with Crippen LogP contribution in [0.25, 0.3) is 11.0 Å². The third-order valence-electron chi connectivity index (χ3n) is 4.85. The molecule has 8 nitrogen and oxygen atoms in total. The average molecular weight is 437 g/mol. The molecule has 154 valence electrons. The minimum atomic E-state index is -3.38. The Kier molecular flexibility index (Phi) is 5.92. The van der Waals surface area contributed by atoms with Crippen LogP contribution < -0.4 is 0 Å². The van der Waals surface area contributed by atoms with Gasteiger partial charge in [0, 0.05) is 31.6 Å². The number of fused-ring (bicyclic) bond motifs is 1. The van der Waals surface area contributed by atoms with Crippen LogP contribution in [0.1, 0.15) is 29.0 Å². The number of aliphatic carboxylic acids is 1. The minimum absolute atomic E-state index is 0.0918. The van der Waals surface area contributed by atoms with E-state index in [4.69, 9.17) is 11.6 Å². The van der Waals surface area contributed by atoms with Crippen LogP contribution in [0.3, 0.4) is 0 Å². The topological polar surface area (TPSA) is 105 Å². The lowest BCUT2D eigenvalue weighted by Gasteiger charge is -2.20. The number of carbonyl (C=O) groups is 1. The Hall–Kier alpha value is -2.49. The summed E-state index contributed by atoms with van der Waals surface area (Å²) in [6, 6.07) is 10.7. The van der Waals surface area contributed by atoms with E-state index in [0.717, 1.165) is 22.9 Å². The molecule has 2 aromatic carbocycles. The lowest BCUT2D eigenvalue weighted by atomic mass is 9.87. The standard InChI is InChI=1S/C19H21ClN4O4S/c1-23(29(3,27)28)11-14-8-12(4-6-16(14)20)15(10-19(25)26)13-5-7-18-17(9-13)21-22-24(18)2/h4-9,15H,10-11H2,1-3H3,(H,25,26). The number of rotatable bonds is 7. The van der Waals surface area contributed by atoms with Crippen LogP contribution in [0.5, 0.6) is 0 Å². The van der Waals surface area contributed by atoms with Crippen molar-refractivity contribution in [2.75, 3.05) is 13.3 Å². The highest BCUT2D eigenvalue weighted by Crippen LogP contribution is 2.32. The maximum Gasteiger partial charge on any atom is 0.304 e. The first-order valence-electron chi connectivity index (χ1n) is 8.77. The van der Waals surface area contributed by atoms with Gasteiger partial charge in [0.25, 0.3) is 0 Å². The normalized spacial score (nSPS) is 13.1. The average Bonchev–Trinajstić information content (AvgIpc) is 3.01. The van der Waals surface area contributed by atoms with Crippen LogP contribution >= 0.6 is 11.6 Å². The quantitative estimate of drug-likeness (QED) is 0.610. The molecule has 3 aromatic rings. The second-order valence-corrected chi connectivity index (χ2v) is 9.48. The Morgan fingerprint density at radius 3 is 2.55 bits per heavy atom. The van der Waals surface area contributed by atoms with Crippen LogP contribution in [0, 0.1) is 0 Å². The number of nitrogens with zero attached hydrogens (tertiary/aromatic N) is 4. The number of hydrogen-bond donors (Lipinski definition) is 1. The molecule has 1 unspecified atom stereocenters. The number of carboxylic acids is 1. The van der Waals surface area contributed by atoms with E-state index in [1.54, 1.807) is 29.9 Å². The molecule has 3 rings (SSSR count). The van der Waals surface area contributed by atoms with Crippen molar-refractivity contribution in [1.29, 1.82) is 0 Å². The van der Waals surface area contributed by atoms with E-state index in [2.05, 4.69) is 10.3 Å². The first-order valence-corrected chi connectivity index (χ1v) is 11.0. The lowest BCUT2D eigenvalue weighted by molar-refractivity contribution is -0.137. The molecule has 0 saturated heterocycles. The molecular formula is C19H21ClN4O4S. The van der Waals surface area contributed by atoms with Gasteiger partial charge in [-0.25, -0.2) is 17.4 Å². The highest BCUT2D eigenvalue weighted by atomic mass is 35.5. The zero-order valence-corrected chi connectivity index (χ0v) is 17.8. The third kappa shape index (κ3) is 4.75. The van der Waals surface area contributed by atoms with Gasteiger partial charge in [0.15, 0.2) is 0 Å². The number of aromatic nitrogens is 3. The summed E-state index contributed by atoms with van der Waals surface area (Å²) < 4.78 is 26.3. The Balaban J connectivity index is 2.04. The maximum atomic E-state index is 11.7. The zero-order chi connectivity index (χ0) is 21.3. The van der Waals surface area contributed by atoms with Gasteiger partial charge in [-0.05, 0) is 34.9 Å². The van der Waals surface area contributed by atoms with Crippen LogP contribution in [-0.2, 0) is 28.4 Å². The minimum Gasteiger partial charge on any atom is -0.481 e. The van der Waals surface area contributed by atoms with E-state index in [0.29, 0.717) is 16.1 Å². The van der Waals surface area contributed by atoms with Crippen LogP contribution in [0.4, 0.5) is 0 Å². The maximum absolute atomic E-state index is 11.7. The second-order valence-electron chi connectivity index (χ2n) is 6.98. The fourth-order valence-electron chi connectivity index (χ4n) is 3.17. The van der Waals surface area contributed by atoms with Crippen molar-refractivity contribution in [3.8, 4) is 0 Å². The third-order valence-corrected chi connectivity index (χ3v) is 6.48. The van der Waals surface area contributed by atoms with Gasteiger partial charge in [-0.3, -0.25) is 4.79 Å². The molecule has 1 heterocycles. The highest BCUT2D eigenvalue weighted by molar-refractivity contribution is 7.88. The number of hydrogen-bond acceptors (Lipinski definition) is 5. The molecule has 1 aromatic heterocycles. The summed E-state index contributed by atoms with van der Waals surface area (Å²) in [6.07, 6.45) is 0.989. The van der Waals surface area contributed by atoms with E-state index in [9.17, 15) is 18.3 Å². The van der Waals surface area contributed by atoms with E-state index < -0.39 is 21.9 Å². The molecule has 0 amide bonds. The Morgan fingerprint density at radius 1 is 1.24 bits per heavy atom. The van der Waals surface area contributed by atoms with Gasteiger partial charge in [0.1, 0.15) is 5.52 Å². The summed E-state index contributed by atoms with van der Waals surface area (Å²) in [7, 11) is -0.128. The SMILES string of the molecule is CN(Cc1cc(C(CC(=O)O)c2ccc3c(c2)nnn3C)ccc1Cl)S(C)(=O)=O. The van der Waals surface area contributed by atoms with Gasteiger partial charge in [-0.15, -0.1) is 5.10 Å². The number of aryl methyl sites for hydroxylation is 1. The van der Waals surface area contributed by atoms with Crippen LogP contribution in [0.2, 0.25) is 5.02 Å². The summed E-state index contributed by atoms with van der Waals surface area (Å²) in [6.45, 7) is 0.0918. The molecule has 0 aliphatic rings. The van der Waals surface area contributed by atoms with Crippen molar-refractivity contribution < 1.29 is 18.3 Å². The Labute approximate surface area is 173 Å². The van der Waals surface area contributed by atoms with Crippen LogP contribution in [0.15, 0.2) is 36.4 Å². The molecular weight excluding hydrogens is 416 g/mol. The molecule has 0 fully saturated rings. The second kappa shape index (κ2) is 8.10. The van der Waals surface area contributed by atoms with Crippen molar-refractivity contribution in [1.82, 2.24) is 19.3 Å². The highest BCUT2D eigenvalue weighted by Gasteiger charge is 2.21. The van der Waals surface area contributed by atoms with Gasteiger partial charge in [-0.2, -0.15) is 0 Å². The predicted octanol–water partition coefficient (Wildman–Crippen LogP) is 2.62. The Bertz CT molecular complexity index is 1180. The molecule has 0 aliphatic carbocycles. The van der Waals surface area contributed by atoms with Crippen molar-refractivity contribution in [2.24, 2.45) is 7.05 Å². The van der Waals surface area contributed by atoms with Crippen LogP contribution in [-0.4, -0.2) is 52.1 Å². The van der Waals surface area contributed by atoms with Crippen molar-refractivity contribution in [3.05, 3.63) is 58.1 Å². The summed E-state index contributed by atoms with van der Waals surface area (Å²) in [4.78, 5) is 11.5. The first-order chi connectivity index (χ1) is 13.6. The van der Waals surface area contributed by atoms with E-state index in [-0.39, 0.29) is 13.0 Å². The molecule has 0 bridgehead atoms.